The fourth-order valence-electron chi connectivity index (χ4n) is 4.92. The Balaban J connectivity index is 1.45. The molecular weight excluding hydrogens is 517 g/mol. The maximum atomic E-state index is 13.8. The summed E-state index contributed by atoms with van der Waals surface area (Å²) in [6.07, 6.45) is 11.1. The monoisotopic (exact) mass is 543 g/mol. The molecule has 0 saturated carbocycles. The average molecular weight is 544 g/mol. The first-order chi connectivity index (χ1) is 19.2. The Kier molecular flexibility index (Phi) is 7.58. The smallest absolute Gasteiger partial charge is 0.182 e. The van der Waals surface area contributed by atoms with Crippen LogP contribution in [-0.2, 0) is 16.0 Å². The second kappa shape index (κ2) is 11.6. The predicted molar refractivity (Wildman–Crippen MR) is 149 cm³/mol. The number of hydrogen-bond donors (Lipinski definition) is 0. The van der Waals surface area contributed by atoms with E-state index >= 15 is 0 Å². The van der Waals surface area contributed by atoms with Crippen molar-refractivity contribution < 1.29 is 13.9 Å². The highest BCUT2D eigenvalue weighted by atomic mass is 35.5. The van der Waals surface area contributed by atoms with Crippen LogP contribution in [0.3, 0.4) is 0 Å². The Hall–Kier alpha value is -3.72. The second-order valence-electron chi connectivity index (χ2n) is 9.47. The van der Waals surface area contributed by atoms with E-state index in [2.05, 4.69) is 9.97 Å². The third kappa shape index (κ3) is 5.68. The molecule has 1 saturated heterocycles. The van der Waals surface area contributed by atoms with Gasteiger partial charge in [0.25, 0.3) is 0 Å². The zero-order valence-corrected chi connectivity index (χ0v) is 22.0. The van der Waals surface area contributed by atoms with Crippen molar-refractivity contribution in [3.63, 3.8) is 0 Å². The predicted octanol–water partition coefficient (Wildman–Crippen LogP) is 6.95. The van der Waals surface area contributed by atoms with Crippen LogP contribution in [0.15, 0.2) is 73.3 Å². The van der Waals surface area contributed by atoms with E-state index in [1.807, 2.05) is 29.1 Å². The van der Waals surface area contributed by atoms with Gasteiger partial charge in [-0.3, -0.25) is 9.67 Å². The molecular formula is C30H27ClFN5O2. The Morgan fingerprint density at radius 2 is 1.79 bits per heavy atom. The SMILES string of the molecule is Fc1ccc(-c2nc3nn(CCCOC4CCCCO4)cc3c(-c3ccc(Cl)nc3)c2-c2ccncc2)cc1. The van der Waals surface area contributed by atoms with Gasteiger partial charge in [-0.25, -0.2) is 14.4 Å². The van der Waals surface area contributed by atoms with Crippen LogP contribution in [0.1, 0.15) is 25.7 Å². The van der Waals surface area contributed by atoms with E-state index in [1.54, 1.807) is 36.8 Å². The molecule has 5 heterocycles. The van der Waals surface area contributed by atoms with Gasteiger partial charge in [0.1, 0.15) is 11.0 Å². The number of aromatic nitrogens is 5. The number of nitrogens with zero attached hydrogens (tertiary/aromatic N) is 5. The van der Waals surface area contributed by atoms with Crippen LogP contribution in [0.25, 0.3) is 44.5 Å². The lowest BCUT2D eigenvalue weighted by Gasteiger charge is -2.22. The molecule has 0 N–H and O–H groups in total. The zero-order valence-electron chi connectivity index (χ0n) is 21.3. The molecule has 9 heteroatoms. The van der Waals surface area contributed by atoms with E-state index in [4.69, 9.17) is 31.2 Å². The molecule has 0 radical (unpaired) electrons. The van der Waals surface area contributed by atoms with Crippen LogP contribution in [0.4, 0.5) is 4.39 Å². The summed E-state index contributed by atoms with van der Waals surface area (Å²) in [7, 11) is 0. The molecule has 6 rings (SSSR count). The lowest BCUT2D eigenvalue weighted by atomic mass is 9.90. The van der Waals surface area contributed by atoms with Crippen LogP contribution in [0.2, 0.25) is 5.15 Å². The Bertz CT molecular complexity index is 1550. The van der Waals surface area contributed by atoms with Crippen molar-refractivity contribution >= 4 is 22.6 Å². The number of hydrogen-bond acceptors (Lipinski definition) is 6. The standard InChI is InChI=1S/C30H27ClFN5O2/c31-25-10-7-22(18-34-25)27-24-19-37(15-3-17-39-26-4-1-2-16-38-26)36-30(24)35-29(21-5-8-23(32)9-6-21)28(27)20-11-13-33-14-12-20/h5-14,18-19,26H,1-4,15-17H2. The van der Waals surface area contributed by atoms with Gasteiger partial charge in [-0.05, 0) is 79.8 Å². The fraction of sp³-hybridized carbons (Fsp3) is 0.267. The van der Waals surface area contributed by atoms with Crippen LogP contribution >= 0.6 is 11.6 Å². The first-order valence-electron chi connectivity index (χ1n) is 13.1. The maximum Gasteiger partial charge on any atom is 0.182 e. The van der Waals surface area contributed by atoms with E-state index in [9.17, 15) is 4.39 Å². The van der Waals surface area contributed by atoms with Crippen molar-refractivity contribution in [2.45, 2.75) is 38.5 Å². The van der Waals surface area contributed by atoms with E-state index < -0.39 is 0 Å². The lowest BCUT2D eigenvalue weighted by molar-refractivity contribution is -0.163. The van der Waals surface area contributed by atoms with Crippen LogP contribution in [-0.4, -0.2) is 44.2 Å². The van der Waals surface area contributed by atoms with Gasteiger partial charge in [0.15, 0.2) is 11.9 Å². The quantitative estimate of drug-likeness (QED) is 0.156. The summed E-state index contributed by atoms with van der Waals surface area (Å²) in [4.78, 5) is 13.6. The summed E-state index contributed by atoms with van der Waals surface area (Å²) >= 11 is 6.14. The van der Waals surface area contributed by atoms with Crippen molar-refractivity contribution in [2.75, 3.05) is 13.2 Å². The number of halogens is 2. The minimum atomic E-state index is -0.308. The van der Waals surface area contributed by atoms with Gasteiger partial charge in [0, 0.05) is 65.6 Å². The highest BCUT2D eigenvalue weighted by Gasteiger charge is 2.22. The Morgan fingerprint density at radius 3 is 2.54 bits per heavy atom. The normalized spacial score (nSPS) is 15.6. The molecule has 4 aromatic heterocycles. The molecule has 39 heavy (non-hydrogen) atoms. The van der Waals surface area contributed by atoms with Crippen LogP contribution < -0.4 is 0 Å². The molecule has 0 aliphatic carbocycles. The second-order valence-corrected chi connectivity index (χ2v) is 9.86. The van der Waals surface area contributed by atoms with Crippen LogP contribution in [0.5, 0.6) is 0 Å². The summed E-state index contributed by atoms with van der Waals surface area (Å²) < 4.78 is 27.3. The lowest BCUT2D eigenvalue weighted by Crippen LogP contribution is -2.23. The summed E-state index contributed by atoms with van der Waals surface area (Å²) in [5.41, 5.74) is 5.68. The largest absolute Gasteiger partial charge is 0.353 e. The highest BCUT2D eigenvalue weighted by Crippen LogP contribution is 2.42. The fourth-order valence-corrected chi connectivity index (χ4v) is 5.04. The summed E-state index contributed by atoms with van der Waals surface area (Å²) in [5.74, 6) is -0.308. The number of pyridine rings is 3. The minimum absolute atomic E-state index is 0.109. The number of benzene rings is 1. The van der Waals surface area contributed by atoms with E-state index in [0.717, 1.165) is 65.5 Å². The number of ether oxygens (including phenoxy) is 2. The molecule has 1 atom stereocenters. The van der Waals surface area contributed by atoms with Crippen molar-refractivity contribution in [2.24, 2.45) is 0 Å². The van der Waals surface area contributed by atoms with Crippen molar-refractivity contribution in [1.29, 1.82) is 0 Å². The van der Waals surface area contributed by atoms with Gasteiger partial charge in [-0.15, -0.1) is 0 Å². The molecule has 5 aromatic rings. The van der Waals surface area contributed by atoms with Crippen molar-refractivity contribution in [1.82, 2.24) is 24.7 Å². The van der Waals surface area contributed by atoms with Gasteiger partial charge in [0.2, 0.25) is 0 Å². The molecule has 1 unspecified atom stereocenters. The van der Waals surface area contributed by atoms with E-state index in [1.165, 1.54) is 12.1 Å². The molecule has 0 amide bonds. The minimum Gasteiger partial charge on any atom is -0.353 e. The van der Waals surface area contributed by atoms with Gasteiger partial charge < -0.3 is 9.47 Å². The Labute approximate surface area is 230 Å². The maximum absolute atomic E-state index is 13.8. The van der Waals surface area contributed by atoms with Crippen molar-refractivity contribution in [3.05, 3.63) is 84.3 Å². The average Bonchev–Trinajstić information content (AvgIpc) is 3.39. The zero-order chi connectivity index (χ0) is 26.6. The molecule has 1 aliphatic rings. The molecule has 0 spiro atoms. The molecule has 1 aromatic carbocycles. The first-order valence-corrected chi connectivity index (χ1v) is 13.5. The molecule has 0 bridgehead atoms. The number of fused-ring (bicyclic) bond motifs is 1. The number of aryl methyl sites for hydroxylation is 1. The first kappa shape index (κ1) is 25.6. The number of rotatable bonds is 8. The Morgan fingerprint density at radius 1 is 0.974 bits per heavy atom. The summed E-state index contributed by atoms with van der Waals surface area (Å²) in [6.45, 7) is 2.02. The van der Waals surface area contributed by atoms with Crippen LogP contribution in [0, 0.1) is 5.82 Å². The van der Waals surface area contributed by atoms with Crippen molar-refractivity contribution in [3.8, 4) is 33.5 Å². The van der Waals surface area contributed by atoms with E-state index in [-0.39, 0.29) is 12.1 Å². The molecule has 7 nitrogen and oxygen atoms in total. The van der Waals surface area contributed by atoms with Gasteiger partial charge in [-0.2, -0.15) is 5.10 Å². The summed E-state index contributed by atoms with van der Waals surface area (Å²) in [6, 6.07) is 13.9. The topological polar surface area (TPSA) is 75.0 Å². The van der Waals surface area contributed by atoms with E-state index in [0.29, 0.717) is 29.6 Å². The van der Waals surface area contributed by atoms with Gasteiger partial charge in [-0.1, -0.05) is 11.6 Å². The highest BCUT2D eigenvalue weighted by molar-refractivity contribution is 6.29. The molecule has 198 valence electrons. The molecule has 1 fully saturated rings. The molecule has 1 aliphatic heterocycles. The third-order valence-corrected chi connectivity index (χ3v) is 7.02. The summed E-state index contributed by atoms with van der Waals surface area (Å²) in [5, 5.41) is 6.12. The third-order valence-electron chi connectivity index (χ3n) is 6.79. The van der Waals surface area contributed by atoms with Gasteiger partial charge in [0.05, 0.1) is 12.3 Å². The van der Waals surface area contributed by atoms with Gasteiger partial charge >= 0.3 is 0 Å².